The van der Waals surface area contributed by atoms with Gasteiger partial charge in [0.1, 0.15) is 0 Å². The van der Waals surface area contributed by atoms with E-state index < -0.39 is 53.5 Å². The molecule has 1 atom stereocenters. The first-order valence-electron chi connectivity index (χ1n) is 6.98. The van der Waals surface area contributed by atoms with Crippen molar-refractivity contribution in [1.29, 1.82) is 0 Å². The highest BCUT2D eigenvalue weighted by Gasteiger charge is 2.82. The van der Waals surface area contributed by atoms with Crippen molar-refractivity contribution >= 4 is 11.6 Å². The van der Waals surface area contributed by atoms with E-state index in [0.29, 0.717) is 6.07 Å². The molecule has 2 N–H and O–H groups in total. The summed E-state index contributed by atoms with van der Waals surface area (Å²) < 4.78 is 186. The van der Waals surface area contributed by atoms with Crippen LogP contribution in [0.15, 0.2) is 18.3 Å². The van der Waals surface area contributed by atoms with Gasteiger partial charge in [0.15, 0.2) is 6.10 Å². The predicted octanol–water partition coefficient (Wildman–Crippen LogP) is 5.55. The van der Waals surface area contributed by atoms with Crippen molar-refractivity contribution in [3.63, 3.8) is 0 Å². The number of aliphatic hydroxyl groups is 1. The Bertz CT molecular complexity index is 748. The molecule has 0 saturated heterocycles. The van der Waals surface area contributed by atoms with Crippen molar-refractivity contribution in [3.8, 4) is 0 Å². The highest BCUT2D eigenvalue weighted by Crippen LogP contribution is 2.55. The number of aromatic nitrogens is 1. The first kappa shape index (κ1) is 27.5. The molecule has 0 amide bonds. The van der Waals surface area contributed by atoms with Crippen molar-refractivity contribution in [2.24, 2.45) is 0 Å². The maximum Gasteiger partial charge on any atom is 0.433 e. The van der Waals surface area contributed by atoms with Crippen LogP contribution in [0.2, 0.25) is 0 Å². The van der Waals surface area contributed by atoms with Gasteiger partial charge in [0.25, 0.3) is 0 Å². The number of aliphatic hydroxyl groups excluding tert-OH is 1. The Morgan fingerprint density at radius 3 is 1.55 bits per heavy atom. The second-order valence-corrected chi connectivity index (χ2v) is 5.97. The minimum atomic E-state index is -7.63. The summed E-state index contributed by atoms with van der Waals surface area (Å²) in [7, 11) is 0. The number of alkyl halides is 15. The Kier molecular flexibility index (Phi) is 6.92. The maximum absolute atomic E-state index is 13.5. The van der Waals surface area contributed by atoms with Gasteiger partial charge in [-0.15, -0.1) is 0 Å². The van der Waals surface area contributed by atoms with Crippen molar-refractivity contribution in [2.45, 2.75) is 47.8 Å². The Labute approximate surface area is 165 Å². The van der Waals surface area contributed by atoms with Crippen LogP contribution in [0.5, 0.6) is 0 Å². The SMILES string of the molecule is OC(c1ccc[nH]1)C(F)(F)OC(F)(F)C(F)(F)C(F)(F)OC(F)(F)C(F)(F)C(F)(F)Cl. The summed E-state index contributed by atoms with van der Waals surface area (Å²) in [5.41, 5.74) is -1.08. The molecular formula is C12H6ClF14NO3. The van der Waals surface area contributed by atoms with Crippen LogP contribution >= 0.6 is 11.6 Å². The predicted molar refractivity (Wildman–Crippen MR) is 68.4 cm³/mol. The molecule has 1 aromatic heterocycles. The van der Waals surface area contributed by atoms with Gasteiger partial charge < -0.3 is 10.1 Å². The lowest BCUT2D eigenvalue weighted by Crippen LogP contribution is -2.63. The van der Waals surface area contributed by atoms with E-state index in [4.69, 9.17) is 5.11 Å². The van der Waals surface area contributed by atoms with E-state index in [1.807, 2.05) is 0 Å². The zero-order valence-corrected chi connectivity index (χ0v) is 14.5. The Morgan fingerprint density at radius 1 is 0.742 bits per heavy atom. The second-order valence-electron chi connectivity index (χ2n) is 5.49. The molecule has 31 heavy (non-hydrogen) atoms. The number of hydrogen-bond acceptors (Lipinski definition) is 3. The molecule has 1 heterocycles. The van der Waals surface area contributed by atoms with Crippen molar-refractivity contribution in [1.82, 2.24) is 4.98 Å². The van der Waals surface area contributed by atoms with Gasteiger partial charge in [-0.25, -0.2) is 9.47 Å². The van der Waals surface area contributed by atoms with E-state index in [0.717, 1.165) is 12.3 Å². The number of hydrogen-bond donors (Lipinski definition) is 2. The van der Waals surface area contributed by atoms with Crippen LogP contribution in [-0.4, -0.2) is 51.8 Å². The van der Waals surface area contributed by atoms with Gasteiger partial charge in [-0.05, 0) is 23.7 Å². The van der Waals surface area contributed by atoms with Gasteiger partial charge in [0, 0.05) is 6.20 Å². The van der Waals surface area contributed by atoms with Crippen LogP contribution in [0.1, 0.15) is 11.8 Å². The zero-order valence-electron chi connectivity index (χ0n) is 13.7. The monoisotopic (exact) mass is 513 g/mol. The third-order valence-electron chi connectivity index (χ3n) is 3.21. The Balaban J connectivity index is 3.23. The highest BCUT2D eigenvalue weighted by atomic mass is 35.5. The summed E-state index contributed by atoms with van der Waals surface area (Å²) in [5, 5.41) is 2.71. The summed E-state index contributed by atoms with van der Waals surface area (Å²) >= 11 is 3.53. The van der Waals surface area contributed by atoms with E-state index in [1.54, 1.807) is 4.98 Å². The topological polar surface area (TPSA) is 54.5 Å². The summed E-state index contributed by atoms with van der Waals surface area (Å²) in [5.74, 6) is -14.8. The van der Waals surface area contributed by atoms with Crippen molar-refractivity contribution in [2.75, 3.05) is 0 Å². The first-order chi connectivity index (χ1) is 13.4. The molecule has 0 aliphatic heterocycles. The van der Waals surface area contributed by atoms with Crippen LogP contribution in [0.25, 0.3) is 0 Å². The molecular weight excluding hydrogens is 508 g/mol. The van der Waals surface area contributed by atoms with Crippen LogP contribution in [-0.2, 0) is 9.47 Å². The van der Waals surface area contributed by atoms with Gasteiger partial charge in [0.2, 0.25) is 0 Å². The summed E-state index contributed by atoms with van der Waals surface area (Å²) in [6, 6.07) is 1.43. The van der Waals surface area contributed by atoms with Gasteiger partial charge in [-0.1, -0.05) is 0 Å². The van der Waals surface area contributed by atoms with Gasteiger partial charge >= 0.3 is 41.7 Å². The summed E-state index contributed by atoms with van der Waals surface area (Å²) in [4.78, 5) is 1.78. The van der Waals surface area contributed by atoms with E-state index in [2.05, 4.69) is 16.3 Å². The summed E-state index contributed by atoms with van der Waals surface area (Å²) in [6.07, 6.45) is -30.7. The lowest BCUT2D eigenvalue weighted by Gasteiger charge is -2.37. The number of nitrogens with one attached hydrogen (secondary N) is 1. The Morgan fingerprint density at radius 2 is 1.16 bits per heavy atom. The molecule has 0 aromatic carbocycles. The molecule has 0 aliphatic rings. The van der Waals surface area contributed by atoms with Crippen molar-refractivity contribution in [3.05, 3.63) is 24.0 Å². The number of halogens is 15. The minimum Gasteiger partial charge on any atom is -0.378 e. The summed E-state index contributed by atoms with van der Waals surface area (Å²) in [6.45, 7) is 0. The average molecular weight is 514 g/mol. The second kappa shape index (κ2) is 7.80. The third-order valence-corrected chi connectivity index (χ3v) is 3.45. The quantitative estimate of drug-likeness (QED) is 0.318. The molecule has 1 aromatic rings. The van der Waals surface area contributed by atoms with Crippen LogP contribution in [0, 0.1) is 0 Å². The number of H-pyrrole nitrogens is 1. The highest BCUT2D eigenvalue weighted by molar-refractivity contribution is 6.22. The van der Waals surface area contributed by atoms with E-state index >= 15 is 0 Å². The molecule has 19 heteroatoms. The smallest absolute Gasteiger partial charge is 0.378 e. The molecule has 0 spiro atoms. The molecule has 0 aliphatic carbocycles. The number of rotatable bonds is 10. The molecule has 4 nitrogen and oxygen atoms in total. The average Bonchev–Trinajstić information content (AvgIpc) is 3.04. The van der Waals surface area contributed by atoms with Crippen LogP contribution in [0.4, 0.5) is 61.5 Å². The normalized spacial score (nSPS) is 16.5. The lowest BCUT2D eigenvalue weighted by molar-refractivity contribution is -0.531. The molecule has 182 valence electrons. The van der Waals surface area contributed by atoms with Gasteiger partial charge in [0.05, 0.1) is 5.69 Å². The molecule has 0 bridgehead atoms. The number of ether oxygens (including phenoxy) is 2. The van der Waals surface area contributed by atoms with E-state index in [9.17, 15) is 61.5 Å². The van der Waals surface area contributed by atoms with Crippen LogP contribution in [0.3, 0.4) is 0 Å². The Hall–Kier alpha value is -1.53. The zero-order chi connectivity index (χ0) is 24.9. The third kappa shape index (κ3) is 4.95. The fourth-order valence-electron chi connectivity index (χ4n) is 1.61. The van der Waals surface area contributed by atoms with Gasteiger partial charge in [-0.3, -0.25) is 0 Å². The first-order valence-corrected chi connectivity index (χ1v) is 7.36. The fourth-order valence-corrected chi connectivity index (χ4v) is 1.72. The lowest BCUT2D eigenvalue weighted by atomic mass is 10.2. The van der Waals surface area contributed by atoms with Gasteiger partial charge in [-0.2, -0.15) is 61.5 Å². The van der Waals surface area contributed by atoms with E-state index in [-0.39, 0.29) is 0 Å². The molecule has 0 fully saturated rings. The molecule has 0 radical (unpaired) electrons. The molecule has 1 unspecified atom stereocenters. The van der Waals surface area contributed by atoms with E-state index in [1.165, 1.54) is 4.74 Å². The fraction of sp³-hybridized carbons (Fsp3) is 0.667. The molecule has 1 rings (SSSR count). The van der Waals surface area contributed by atoms with Crippen LogP contribution < -0.4 is 0 Å². The standard InChI is InChI=1S/C12H6ClF14NO3/c13-9(20,21)7(16,17)10(22,23)31-12(26,27)8(18,19)11(24,25)30-6(14,15)5(29)4-2-1-3-28-4/h1-3,5,28-29H. The number of aromatic amines is 1. The largest absolute Gasteiger partial charge is 0.433 e. The minimum absolute atomic E-state index is 0.560. The maximum atomic E-state index is 13.5. The van der Waals surface area contributed by atoms with Crippen molar-refractivity contribution < 1.29 is 76.0 Å². The molecule has 0 saturated carbocycles.